The van der Waals surface area contributed by atoms with Crippen LogP contribution in [0.15, 0.2) is 27.8 Å². The SMILES string of the molecule is COc1ccc2c(c1)n(C)c(=O)c1n[nH]c(=O)n12. The van der Waals surface area contributed by atoms with E-state index in [1.54, 1.807) is 32.4 Å². The Kier molecular flexibility index (Phi) is 2.03. The Morgan fingerprint density at radius 3 is 2.78 bits per heavy atom. The van der Waals surface area contributed by atoms with Gasteiger partial charge in [-0.15, -0.1) is 5.10 Å². The summed E-state index contributed by atoms with van der Waals surface area (Å²) in [6, 6.07) is 5.15. The van der Waals surface area contributed by atoms with Gasteiger partial charge in [-0.25, -0.2) is 14.3 Å². The van der Waals surface area contributed by atoms with Crippen molar-refractivity contribution in [1.29, 1.82) is 0 Å². The molecule has 0 amide bonds. The first-order valence-electron chi connectivity index (χ1n) is 5.27. The molecule has 18 heavy (non-hydrogen) atoms. The molecule has 7 nitrogen and oxygen atoms in total. The molecule has 0 aliphatic rings. The smallest absolute Gasteiger partial charge is 0.348 e. The second kappa shape index (κ2) is 3.46. The third kappa shape index (κ3) is 1.21. The number of aromatic amines is 1. The molecule has 0 aliphatic heterocycles. The molecule has 0 aliphatic carbocycles. The average Bonchev–Trinajstić information content (AvgIpc) is 2.77. The van der Waals surface area contributed by atoms with E-state index in [-0.39, 0.29) is 11.2 Å². The van der Waals surface area contributed by atoms with Crippen molar-refractivity contribution < 1.29 is 4.74 Å². The zero-order valence-corrected chi connectivity index (χ0v) is 9.80. The first kappa shape index (κ1) is 10.6. The Labute approximate surface area is 100 Å². The molecule has 0 fully saturated rings. The van der Waals surface area contributed by atoms with Crippen LogP contribution >= 0.6 is 0 Å². The second-order valence-corrected chi connectivity index (χ2v) is 3.91. The highest BCUT2D eigenvalue weighted by Crippen LogP contribution is 2.18. The molecule has 3 aromatic rings. The minimum Gasteiger partial charge on any atom is -0.497 e. The molecule has 0 bridgehead atoms. The zero-order valence-electron chi connectivity index (χ0n) is 9.80. The lowest BCUT2D eigenvalue weighted by Gasteiger charge is -2.07. The number of methoxy groups -OCH3 is 1. The number of fused-ring (bicyclic) bond motifs is 3. The minimum absolute atomic E-state index is 0.0835. The lowest BCUT2D eigenvalue weighted by molar-refractivity contribution is 0.415. The monoisotopic (exact) mass is 246 g/mol. The Balaban J connectivity index is 2.67. The molecule has 1 N–H and O–H groups in total. The van der Waals surface area contributed by atoms with Gasteiger partial charge in [-0.1, -0.05) is 0 Å². The number of hydrogen-bond donors (Lipinski definition) is 1. The standard InChI is InChI=1S/C11H10N4O3/c1-14-8-5-6(18-2)3-4-7(8)15-9(10(14)16)12-13-11(15)17/h3-5H,1-2H3,(H,13,17). The highest BCUT2D eigenvalue weighted by molar-refractivity contribution is 5.79. The number of H-pyrrole nitrogens is 1. The quantitative estimate of drug-likeness (QED) is 0.649. The highest BCUT2D eigenvalue weighted by Gasteiger charge is 2.12. The van der Waals surface area contributed by atoms with Crippen LogP contribution in [0.25, 0.3) is 16.7 Å². The van der Waals surface area contributed by atoms with Gasteiger partial charge in [0.1, 0.15) is 5.75 Å². The van der Waals surface area contributed by atoms with Crippen LogP contribution in [-0.2, 0) is 7.05 Å². The summed E-state index contributed by atoms with van der Waals surface area (Å²) in [5, 5.41) is 6.01. The van der Waals surface area contributed by atoms with E-state index in [1.807, 2.05) is 0 Å². The predicted octanol–water partition coefficient (Wildman–Crippen LogP) is -0.117. The zero-order chi connectivity index (χ0) is 12.9. The van der Waals surface area contributed by atoms with Gasteiger partial charge in [0, 0.05) is 13.1 Å². The van der Waals surface area contributed by atoms with Gasteiger partial charge in [0.25, 0.3) is 5.56 Å². The maximum absolute atomic E-state index is 12.0. The molecule has 0 unspecified atom stereocenters. The summed E-state index contributed by atoms with van der Waals surface area (Å²) < 4.78 is 7.81. The van der Waals surface area contributed by atoms with Crippen LogP contribution in [0.1, 0.15) is 0 Å². The molecule has 1 aromatic carbocycles. The lowest BCUT2D eigenvalue weighted by Crippen LogP contribution is -2.23. The number of benzene rings is 1. The molecular formula is C11H10N4O3. The Morgan fingerprint density at radius 2 is 2.06 bits per heavy atom. The van der Waals surface area contributed by atoms with Crippen molar-refractivity contribution in [2.45, 2.75) is 0 Å². The van der Waals surface area contributed by atoms with E-state index >= 15 is 0 Å². The summed E-state index contributed by atoms with van der Waals surface area (Å²) in [7, 11) is 3.17. The molecule has 7 heteroatoms. The summed E-state index contributed by atoms with van der Waals surface area (Å²) in [4.78, 5) is 23.7. The maximum atomic E-state index is 12.0. The van der Waals surface area contributed by atoms with Crippen molar-refractivity contribution in [2.75, 3.05) is 7.11 Å². The maximum Gasteiger partial charge on any atom is 0.348 e. The van der Waals surface area contributed by atoms with Crippen molar-refractivity contribution in [3.8, 4) is 5.75 Å². The van der Waals surface area contributed by atoms with Crippen LogP contribution in [0.3, 0.4) is 0 Å². The summed E-state index contributed by atoms with van der Waals surface area (Å²) in [5.74, 6) is 0.619. The van der Waals surface area contributed by atoms with Crippen molar-refractivity contribution in [3.05, 3.63) is 39.0 Å². The van der Waals surface area contributed by atoms with E-state index in [4.69, 9.17) is 4.74 Å². The third-order valence-corrected chi connectivity index (χ3v) is 2.95. The van der Waals surface area contributed by atoms with E-state index in [2.05, 4.69) is 10.2 Å². The van der Waals surface area contributed by atoms with Gasteiger partial charge >= 0.3 is 5.69 Å². The fraction of sp³-hybridized carbons (Fsp3) is 0.182. The molecule has 3 rings (SSSR count). The second-order valence-electron chi connectivity index (χ2n) is 3.91. The van der Waals surface area contributed by atoms with E-state index in [0.29, 0.717) is 16.8 Å². The third-order valence-electron chi connectivity index (χ3n) is 2.95. The van der Waals surface area contributed by atoms with E-state index in [9.17, 15) is 9.59 Å². The van der Waals surface area contributed by atoms with Crippen molar-refractivity contribution in [3.63, 3.8) is 0 Å². The van der Waals surface area contributed by atoms with Crippen molar-refractivity contribution >= 4 is 16.7 Å². The molecular weight excluding hydrogens is 236 g/mol. The van der Waals surface area contributed by atoms with Gasteiger partial charge in [0.15, 0.2) is 0 Å². The summed E-state index contributed by atoms with van der Waals surface area (Å²) >= 11 is 0. The van der Waals surface area contributed by atoms with Crippen molar-refractivity contribution in [2.24, 2.45) is 7.05 Å². The minimum atomic E-state index is -0.433. The molecule has 2 heterocycles. The number of aryl methyl sites for hydroxylation is 1. The van der Waals surface area contributed by atoms with E-state index < -0.39 is 5.69 Å². The van der Waals surface area contributed by atoms with Gasteiger partial charge in [-0.2, -0.15) is 0 Å². The highest BCUT2D eigenvalue weighted by atomic mass is 16.5. The van der Waals surface area contributed by atoms with Gasteiger partial charge < -0.3 is 9.30 Å². The summed E-state index contributed by atoms with van der Waals surface area (Å²) in [6.07, 6.45) is 0. The fourth-order valence-electron chi connectivity index (χ4n) is 2.01. The molecule has 0 saturated carbocycles. The largest absolute Gasteiger partial charge is 0.497 e. The van der Waals surface area contributed by atoms with Crippen molar-refractivity contribution in [1.82, 2.24) is 19.2 Å². The normalized spacial score (nSPS) is 11.2. The molecule has 0 atom stereocenters. The lowest BCUT2D eigenvalue weighted by atomic mass is 10.2. The topological polar surface area (TPSA) is 81.4 Å². The van der Waals surface area contributed by atoms with Gasteiger partial charge in [-0.3, -0.25) is 4.79 Å². The number of aromatic nitrogens is 4. The first-order valence-corrected chi connectivity index (χ1v) is 5.27. The number of ether oxygens (including phenoxy) is 1. The number of nitrogens with zero attached hydrogens (tertiary/aromatic N) is 3. The van der Waals surface area contributed by atoms with Crippen LogP contribution < -0.4 is 16.0 Å². The predicted molar refractivity (Wildman–Crippen MR) is 65.1 cm³/mol. The van der Waals surface area contributed by atoms with Crippen LogP contribution in [0.5, 0.6) is 5.75 Å². The van der Waals surface area contributed by atoms with Gasteiger partial charge in [0.2, 0.25) is 5.65 Å². The average molecular weight is 246 g/mol. The number of hydrogen-bond acceptors (Lipinski definition) is 4. The molecule has 0 spiro atoms. The van der Waals surface area contributed by atoms with E-state index in [0.717, 1.165) is 0 Å². The van der Waals surface area contributed by atoms with Gasteiger partial charge in [-0.05, 0) is 12.1 Å². The van der Waals surface area contributed by atoms with E-state index in [1.165, 1.54) is 8.97 Å². The van der Waals surface area contributed by atoms with Crippen LogP contribution in [0.2, 0.25) is 0 Å². The first-order chi connectivity index (χ1) is 8.63. The van der Waals surface area contributed by atoms with Crippen LogP contribution in [0, 0.1) is 0 Å². The van der Waals surface area contributed by atoms with Gasteiger partial charge in [0.05, 0.1) is 18.1 Å². The molecule has 0 radical (unpaired) electrons. The van der Waals surface area contributed by atoms with Crippen LogP contribution in [0.4, 0.5) is 0 Å². The molecule has 2 aromatic heterocycles. The fourth-order valence-corrected chi connectivity index (χ4v) is 2.01. The summed E-state index contributed by atoms with van der Waals surface area (Å²) in [6.45, 7) is 0. The van der Waals surface area contributed by atoms with Crippen LogP contribution in [-0.4, -0.2) is 26.3 Å². The number of rotatable bonds is 1. The molecule has 0 saturated heterocycles. The Bertz CT molecular complexity index is 871. The Morgan fingerprint density at radius 1 is 1.28 bits per heavy atom. The summed E-state index contributed by atoms with van der Waals surface area (Å²) in [5.41, 5.74) is 0.522. The molecule has 92 valence electrons. The Hall–Kier alpha value is -2.57. The number of nitrogens with one attached hydrogen (secondary N) is 1.